The van der Waals surface area contributed by atoms with Crippen molar-refractivity contribution in [2.24, 2.45) is 11.8 Å². The van der Waals surface area contributed by atoms with Gasteiger partial charge in [-0.3, -0.25) is 14.4 Å². The molecule has 1 heterocycles. The Morgan fingerprint density at radius 2 is 1.21 bits per heavy atom. The summed E-state index contributed by atoms with van der Waals surface area (Å²) in [6, 6.07) is 8.50. The monoisotopic (exact) mass is 577 g/mol. The van der Waals surface area contributed by atoms with Crippen molar-refractivity contribution in [1.29, 1.82) is 0 Å². The maximum Gasteiger partial charge on any atom is 0.156 e. The van der Waals surface area contributed by atoms with Gasteiger partial charge in [-0.15, -0.1) is 0 Å². The summed E-state index contributed by atoms with van der Waals surface area (Å²) in [4.78, 5) is 43.1. The molecule has 1 saturated heterocycles. The van der Waals surface area contributed by atoms with Gasteiger partial charge in [-0.1, -0.05) is 35.3 Å². The Balaban J connectivity index is 1.76. The van der Waals surface area contributed by atoms with E-state index >= 15 is 0 Å². The molecular formula is C29H31Cl2F2N3O3. The Labute approximate surface area is 237 Å². The van der Waals surface area contributed by atoms with Crippen LogP contribution in [0.25, 0.3) is 12.2 Å². The number of allylic oxidation sites excluding steroid dienone is 2. The summed E-state index contributed by atoms with van der Waals surface area (Å²) in [6.07, 6.45) is 2.84. The normalized spacial score (nSPS) is 18.2. The number of carbonyl (C=O) groups is 3. The molecule has 0 spiro atoms. The summed E-state index contributed by atoms with van der Waals surface area (Å²) in [5.74, 6) is -4.29. The van der Waals surface area contributed by atoms with Crippen LogP contribution in [0.2, 0.25) is 10.0 Å². The van der Waals surface area contributed by atoms with Crippen LogP contribution in [-0.4, -0.2) is 68.4 Å². The maximum absolute atomic E-state index is 14.3. The summed E-state index contributed by atoms with van der Waals surface area (Å²) in [7, 11) is 6.88. The molecule has 2 unspecified atom stereocenters. The van der Waals surface area contributed by atoms with Crippen molar-refractivity contribution >= 4 is 52.7 Å². The van der Waals surface area contributed by atoms with E-state index in [4.69, 9.17) is 23.2 Å². The van der Waals surface area contributed by atoms with Crippen LogP contribution in [0.1, 0.15) is 24.0 Å². The number of hydrogen-bond donors (Lipinski definition) is 1. The number of carbonyl (C=O) groups excluding carboxylic acids is 3. The van der Waals surface area contributed by atoms with Crippen LogP contribution >= 0.6 is 23.2 Å². The molecule has 6 nitrogen and oxygen atoms in total. The van der Waals surface area contributed by atoms with E-state index < -0.39 is 29.3 Å². The third kappa shape index (κ3) is 7.97. The number of benzene rings is 2. The predicted octanol–water partition coefficient (Wildman–Crippen LogP) is 5.10. The molecule has 1 N–H and O–H groups in total. The van der Waals surface area contributed by atoms with E-state index in [0.29, 0.717) is 11.4 Å². The van der Waals surface area contributed by atoms with Crippen molar-refractivity contribution in [3.63, 3.8) is 0 Å². The molecule has 10 heteroatoms. The molecule has 3 rings (SSSR count). The van der Waals surface area contributed by atoms with E-state index in [0.717, 1.165) is 0 Å². The number of nitrogens with zero attached hydrogens (tertiary/aromatic N) is 2. The molecule has 0 saturated carbocycles. The SMILES string of the molecule is CN(C)/C(=C/c1ccc(Cl)cc1F)CC(=O)C1CNCC(C(=O)C/C(=C\c2ccc(Cl)cc2F)N(C)C)C1=O. The van der Waals surface area contributed by atoms with Crippen molar-refractivity contribution in [1.82, 2.24) is 15.1 Å². The summed E-state index contributed by atoms with van der Waals surface area (Å²) in [6.45, 7) is 0.230. The van der Waals surface area contributed by atoms with Crippen molar-refractivity contribution in [3.05, 3.63) is 80.6 Å². The summed E-state index contributed by atoms with van der Waals surface area (Å²) in [5.41, 5.74) is 1.53. The largest absolute Gasteiger partial charge is 0.381 e. The molecule has 1 fully saturated rings. The van der Waals surface area contributed by atoms with Gasteiger partial charge in [-0.05, 0) is 36.4 Å². The number of piperidine rings is 1. The fraction of sp³-hybridized carbons (Fsp3) is 0.345. The first-order valence-electron chi connectivity index (χ1n) is 12.3. The Bertz CT molecular complexity index is 1230. The molecule has 2 aromatic rings. The van der Waals surface area contributed by atoms with Gasteiger partial charge in [0.2, 0.25) is 0 Å². The number of halogens is 4. The Kier molecular flexibility index (Phi) is 10.4. The Morgan fingerprint density at radius 3 is 1.54 bits per heavy atom. The fourth-order valence-corrected chi connectivity index (χ4v) is 4.55. The van der Waals surface area contributed by atoms with Gasteiger partial charge in [0.05, 0.1) is 11.8 Å². The minimum absolute atomic E-state index is 0.115. The first-order valence-corrected chi connectivity index (χ1v) is 13.1. The third-order valence-corrected chi connectivity index (χ3v) is 7.06. The number of nitrogens with one attached hydrogen (secondary N) is 1. The van der Waals surface area contributed by atoms with E-state index in [1.807, 2.05) is 0 Å². The number of Topliss-reactive ketones (excluding diaryl/α,β-unsaturated/α-hetero) is 3. The number of rotatable bonds is 10. The lowest BCUT2D eigenvalue weighted by Gasteiger charge is -2.29. The second kappa shape index (κ2) is 13.3. The second-order valence-electron chi connectivity index (χ2n) is 9.84. The molecule has 0 amide bonds. The molecule has 1 aliphatic rings. The maximum atomic E-state index is 14.3. The number of hydrogen-bond acceptors (Lipinski definition) is 6. The molecule has 0 bridgehead atoms. The van der Waals surface area contributed by atoms with E-state index in [2.05, 4.69) is 5.32 Å². The van der Waals surface area contributed by atoms with Crippen LogP contribution < -0.4 is 5.32 Å². The molecule has 39 heavy (non-hydrogen) atoms. The third-order valence-electron chi connectivity index (χ3n) is 6.59. The molecule has 2 aromatic carbocycles. The van der Waals surface area contributed by atoms with E-state index in [9.17, 15) is 23.2 Å². The average molecular weight is 578 g/mol. The van der Waals surface area contributed by atoms with Crippen LogP contribution in [0.5, 0.6) is 0 Å². The van der Waals surface area contributed by atoms with Gasteiger partial charge in [0.15, 0.2) is 5.78 Å². The lowest BCUT2D eigenvalue weighted by atomic mass is 9.81. The molecule has 0 aliphatic carbocycles. The highest BCUT2D eigenvalue weighted by atomic mass is 35.5. The van der Waals surface area contributed by atoms with Crippen molar-refractivity contribution < 1.29 is 23.2 Å². The smallest absolute Gasteiger partial charge is 0.156 e. The van der Waals surface area contributed by atoms with Crippen LogP contribution in [0.15, 0.2) is 47.8 Å². The molecule has 0 aromatic heterocycles. The van der Waals surface area contributed by atoms with Gasteiger partial charge in [0, 0.05) is 86.7 Å². The average Bonchev–Trinajstić information content (AvgIpc) is 2.85. The lowest BCUT2D eigenvalue weighted by molar-refractivity contribution is -0.140. The first kappa shape index (κ1) is 30.5. The first-order chi connectivity index (χ1) is 18.4. The van der Waals surface area contributed by atoms with Gasteiger partial charge in [-0.25, -0.2) is 8.78 Å². The minimum Gasteiger partial charge on any atom is -0.381 e. The Morgan fingerprint density at radius 1 is 0.821 bits per heavy atom. The predicted molar refractivity (Wildman–Crippen MR) is 150 cm³/mol. The zero-order valence-corrected chi connectivity index (χ0v) is 23.7. The summed E-state index contributed by atoms with van der Waals surface area (Å²) < 4.78 is 28.7. The number of ketones is 3. The minimum atomic E-state index is -1.02. The van der Waals surface area contributed by atoms with Gasteiger partial charge < -0.3 is 15.1 Å². The zero-order valence-electron chi connectivity index (χ0n) is 22.2. The van der Waals surface area contributed by atoms with Crippen molar-refractivity contribution in [2.75, 3.05) is 41.3 Å². The fourth-order valence-electron chi connectivity index (χ4n) is 4.24. The standard InChI is InChI=1S/C29H31Cl2F2N3O3/c1-35(2)21(9-17-5-7-19(30)11-25(17)32)13-27(37)23-15-34-16-24(29(23)39)28(38)14-22(36(3)4)10-18-6-8-20(31)12-26(18)33/h5-12,23-24,34H,13-16H2,1-4H3/b21-9+,22-10+. The summed E-state index contributed by atoms with van der Waals surface area (Å²) >= 11 is 11.7. The van der Waals surface area contributed by atoms with Crippen LogP contribution in [0.3, 0.4) is 0 Å². The second-order valence-corrected chi connectivity index (χ2v) is 10.7. The van der Waals surface area contributed by atoms with Crippen molar-refractivity contribution in [2.45, 2.75) is 12.8 Å². The molecule has 2 atom stereocenters. The topological polar surface area (TPSA) is 69.7 Å². The van der Waals surface area contributed by atoms with Crippen LogP contribution in [0.4, 0.5) is 8.78 Å². The van der Waals surface area contributed by atoms with Gasteiger partial charge in [-0.2, -0.15) is 0 Å². The van der Waals surface area contributed by atoms with Gasteiger partial charge in [0.25, 0.3) is 0 Å². The highest BCUT2D eigenvalue weighted by Gasteiger charge is 2.39. The van der Waals surface area contributed by atoms with Crippen LogP contribution in [-0.2, 0) is 14.4 Å². The lowest BCUT2D eigenvalue weighted by Crippen LogP contribution is -2.50. The zero-order chi connectivity index (χ0) is 28.9. The van der Waals surface area contributed by atoms with Crippen LogP contribution in [0, 0.1) is 23.5 Å². The van der Waals surface area contributed by atoms with E-state index in [-0.39, 0.29) is 58.7 Å². The quantitative estimate of drug-likeness (QED) is 0.396. The highest BCUT2D eigenvalue weighted by Crippen LogP contribution is 2.25. The molecule has 1 aliphatic heterocycles. The van der Waals surface area contributed by atoms with E-state index in [1.54, 1.807) is 50.1 Å². The Hall–Kier alpha value is -3.07. The summed E-state index contributed by atoms with van der Waals surface area (Å²) in [5, 5.41) is 3.55. The van der Waals surface area contributed by atoms with Gasteiger partial charge in [0.1, 0.15) is 23.2 Å². The van der Waals surface area contributed by atoms with Crippen molar-refractivity contribution in [3.8, 4) is 0 Å². The molecule has 0 radical (unpaired) electrons. The van der Waals surface area contributed by atoms with E-state index in [1.165, 1.54) is 36.4 Å². The highest BCUT2D eigenvalue weighted by molar-refractivity contribution is 6.30. The molecular weight excluding hydrogens is 547 g/mol. The molecule has 208 valence electrons. The van der Waals surface area contributed by atoms with Gasteiger partial charge >= 0.3 is 0 Å².